The van der Waals surface area contributed by atoms with E-state index in [0.29, 0.717) is 160 Å². The Morgan fingerprint density at radius 1 is 0.396 bits per heavy atom. The molecule has 8 aromatic heterocycles. The second-order valence-corrected chi connectivity index (χ2v) is 38.1. The van der Waals surface area contributed by atoms with Crippen LogP contribution in [0.25, 0.3) is 42.2 Å². The molecule has 9 atom stereocenters. The van der Waals surface area contributed by atoms with Crippen LogP contribution >= 0.6 is 139 Å². The van der Waals surface area contributed by atoms with Crippen molar-refractivity contribution in [2.24, 2.45) is 23.7 Å². The number of pyridine rings is 4. The van der Waals surface area contributed by atoms with Gasteiger partial charge >= 0.3 is 0 Å². The van der Waals surface area contributed by atoms with E-state index in [1.807, 2.05) is 18.2 Å². The number of hydrogen-bond donors (Lipinski definition) is 5. The van der Waals surface area contributed by atoms with E-state index in [9.17, 15) is 47.4 Å². The highest BCUT2D eigenvalue weighted by Gasteiger charge is 2.37. The fourth-order valence-corrected chi connectivity index (χ4v) is 21.1. The van der Waals surface area contributed by atoms with Gasteiger partial charge in [0.05, 0.1) is 151 Å². The molecule has 144 heavy (non-hydrogen) atoms. The molecule has 0 bridgehead atoms. The van der Waals surface area contributed by atoms with Crippen molar-refractivity contribution in [3.63, 3.8) is 0 Å². The zero-order valence-corrected chi connectivity index (χ0v) is 87.1. The Hall–Kier alpha value is -10.8. The average Bonchev–Trinajstić information content (AvgIpc) is 1.76. The number of carbonyl (C=O) groups is 7. The summed E-state index contributed by atoms with van der Waals surface area (Å²) < 4.78 is 107. The number of aliphatic hydroxyl groups is 1. The number of nitrogens with one attached hydrogen (secondary N) is 4. The summed E-state index contributed by atoms with van der Waals surface area (Å²) in [5.74, 6) is -4.34. The fraction of sp³-hybridized carbons (Fsp3) is 0.333. The number of fused-ring (bicyclic) bond motifs is 4. The summed E-state index contributed by atoms with van der Waals surface area (Å²) in [7, 11) is 11.1. The maximum absolute atomic E-state index is 14.8. The van der Waals surface area contributed by atoms with Crippen LogP contribution in [0.5, 0.6) is 46.0 Å². The third-order valence-electron chi connectivity index (χ3n) is 23.9. The predicted octanol–water partition coefficient (Wildman–Crippen LogP) is 20.0. The summed E-state index contributed by atoms with van der Waals surface area (Å²) in [6.07, 6.45) is 15.3. The molecule has 4 aliphatic rings. The van der Waals surface area contributed by atoms with Gasteiger partial charge in [-0.15, -0.1) is 22.7 Å². The number of aromatic nitrogens is 5. The van der Waals surface area contributed by atoms with E-state index in [1.165, 1.54) is 127 Å². The van der Waals surface area contributed by atoms with Gasteiger partial charge in [0.2, 0.25) is 35.2 Å². The Kier molecular flexibility index (Phi) is 39.9. The number of ether oxygens (including phenoxy) is 12. The monoisotopic (exact) mass is 2210 g/mol. The number of benzene rings is 4. The van der Waals surface area contributed by atoms with Gasteiger partial charge in [-0.25, -0.2) is 13.8 Å². The zero-order chi connectivity index (χ0) is 103. The van der Waals surface area contributed by atoms with Gasteiger partial charge in [-0.2, -0.15) is 0 Å². The topological polar surface area (TPSA) is 389 Å². The molecule has 4 aromatic carbocycles. The van der Waals surface area contributed by atoms with E-state index in [1.54, 1.807) is 61.1 Å². The Morgan fingerprint density at radius 2 is 0.743 bits per heavy atom. The predicted molar refractivity (Wildman–Crippen MR) is 546 cm³/mol. The number of ketones is 3. The van der Waals surface area contributed by atoms with Crippen molar-refractivity contribution < 1.29 is 113 Å². The molecule has 9 unspecified atom stereocenters. The molecular formula is C99H93Cl10F2N9O22S2. The molecular weight excluding hydrogens is 2120 g/mol. The van der Waals surface area contributed by atoms with Gasteiger partial charge in [-0.05, 0) is 93.2 Å². The van der Waals surface area contributed by atoms with Crippen LogP contribution in [-0.4, -0.2) is 205 Å². The summed E-state index contributed by atoms with van der Waals surface area (Å²) in [6.45, 7) is 4.17. The minimum Gasteiger partial charge on any atom is -0.495 e. The van der Waals surface area contributed by atoms with E-state index in [4.69, 9.17) is 182 Å². The highest BCUT2D eigenvalue weighted by Crippen LogP contribution is 2.49. The molecule has 0 saturated carbocycles. The molecule has 5 N–H and O–H groups in total. The van der Waals surface area contributed by atoms with E-state index >= 15 is 0 Å². The molecule has 0 aliphatic carbocycles. The highest BCUT2D eigenvalue weighted by molar-refractivity contribution is 7.21. The summed E-state index contributed by atoms with van der Waals surface area (Å²) in [5.41, 5.74) is 8.26. The molecule has 31 nitrogen and oxygen atoms in total. The number of oxazole rings is 1. The van der Waals surface area contributed by atoms with Gasteiger partial charge in [0.25, 0.3) is 11.7 Å². The largest absolute Gasteiger partial charge is 0.495 e. The smallest absolute Gasteiger partial charge is 0.269 e. The number of carbonyl (C=O) groups excluding carboxylic acids is 7. The molecule has 0 radical (unpaired) electrons. The second kappa shape index (κ2) is 52.0. The first-order valence-electron chi connectivity index (χ1n) is 44.2. The maximum atomic E-state index is 14.8. The van der Waals surface area contributed by atoms with Crippen molar-refractivity contribution in [1.29, 1.82) is 0 Å². The highest BCUT2D eigenvalue weighted by atomic mass is 35.5. The Bertz CT molecular complexity index is 6280. The van der Waals surface area contributed by atoms with Crippen LogP contribution < -0.4 is 59.2 Å². The normalized spacial score (nSPS) is 18.2. The Labute approximate surface area is 881 Å². The van der Waals surface area contributed by atoms with Gasteiger partial charge in [-0.1, -0.05) is 116 Å². The van der Waals surface area contributed by atoms with Crippen molar-refractivity contribution in [2.75, 3.05) is 110 Å². The lowest BCUT2D eigenvalue weighted by Crippen LogP contribution is -2.45. The minimum atomic E-state index is -1.27. The molecule has 4 saturated heterocycles. The van der Waals surface area contributed by atoms with Crippen LogP contribution in [0.4, 0.5) is 8.78 Å². The fourth-order valence-electron chi connectivity index (χ4n) is 16.6. The Balaban J connectivity index is 0.000000161. The number of halogens is 12. The van der Waals surface area contributed by atoms with Crippen LogP contribution in [0.1, 0.15) is 113 Å². The van der Waals surface area contributed by atoms with Gasteiger partial charge in [0.1, 0.15) is 57.4 Å². The molecule has 4 amide bonds. The first-order chi connectivity index (χ1) is 69.4. The van der Waals surface area contributed by atoms with Crippen LogP contribution in [0.3, 0.4) is 0 Å². The van der Waals surface area contributed by atoms with E-state index in [-0.39, 0.29) is 158 Å². The molecule has 16 rings (SSSR count). The van der Waals surface area contributed by atoms with Crippen molar-refractivity contribution in [1.82, 2.24) is 46.2 Å². The van der Waals surface area contributed by atoms with Crippen LogP contribution in [0, 0.1) is 35.3 Å². The summed E-state index contributed by atoms with van der Waals surface area (Å²) in [4.78, 5) is 111. The SMILES string of the molecule is COc1cc(OC)c(Cl)c(C(=O)c2cc3cc(CC4COCCC4NC(=O)C=CCl)ncc3s2)c1Cl.COc1cc(OC)c(Cl)c(C(=O)c2cc3cnc(CC4COCCC4NC(=O)C=CCl)cc3s2)c1Cl.COc1cc(OC)c(Cl)c(C(O)c2cc3cc(CC4COCCC4NC(=O)C=CCl)ncc3o2)c1Cl.COc1cc(OC)c(F)c(C(=O)c2nc3cnc(CC4COCCC4NC(=O)C=CCl)cc3o2)c1F. The van der Waals surface area contributed by atoms with Crippen molar-refractivity contribution in [3.8, 4) is 46.0 Å². The number of aliphatic hydroxyl groups excluding tert-OH is 1. The van der Waals surface area contributed by atoms with Crippen molar-refractivity contribution in [3.05, 3.63) is 246 Å². The summed E-state index contributed by atoms with van der Waals surface area (Å²) in [6, 6.07) is 18.0. The van der Waals surface area contributed by atoms with Gasteiger partial charge in [0, 0.05) is 207 Å². The van der Waals surface area contributed by atoms with Crippen LogP contribution in [0.2, 0.25) is 30.1 Å². The van der Waals surface area contributed by atoms with Crippen molar-refractivity contribution >= 4 is 222 Å². The van der Waals surface area contributed by atoms with Gasteiger partial charge < -0.3 is 92.1 Å². The number of furan rings is 1. The second-order valence-electron chi connectivity index (χ2n) is 32.7. The van der Waals surface area contributed by atoms with Crippen LogP contribution in [0.15, 0.2) is 147 Å². The molecule has 12 heterocycles. The maximum Gasteiger partial charge on any atom is 0.269 e. The van der Waals surface area contributed by atoms with E-state index < -0.39 is 35.0 Å². The lowest BCUT2D eigenvalue weighted by atomic mass is 9.91. The number of nitrogens with zero attached hydrogens (tertiary/aromatic N) is 5. The molecule has 45 heteroatoms. The quantitative estimate of drug-likeness (QED) is 0.0193. The third kappa shape index (κ3) is 26.6. The summed E-state index contributed by atoms with van der Waals surface area (Å²) in [5, 5.41) is 26.2. The zero-order valence-electron chi connectivity index (χ0n) is 77.9. The van der Waals surface area contributed by atoms with E-state index in [0.717, 1.165) is 54.2 Å². The molecule has 762 valence electrons. The standard InChI is InChI=1S/C25H25Cl3N2O6.2C25H23Cl3N2O5S.C24H22ClF2N3O6/c1-33-17-10-18(34-2)24(28)22(23(17)27)25(32)19-9-13-7-15(29-11-20(13)36-19)8-14-12-35-6-4-16(14)30-21(31)3-5-26;1-33-17-10-18(34-2)24(28)22(23(17)27)25(32)20-8-13-11-29-15(9-19(13)36-20)7-14-12-35-6-4-16(14)30-21(31)3-5-26;1-33-17-10-18(34-2)24(28)22(23(17)27)25(32)19-9-13-7-15(29-11-20(13)36-19)8-14-12-35-6-4-16(14)30-21(31)3-5-26;1-33-17-9-18(34-2)22(27)20(21(17)26)23(32)24-30-15-10-28-13(8-16(15)36-24)7-12-11-35-6-4-14(12)29-19(31)3-5-25/h3,5,7,9-11,14,16,25,32H,4,6,8,12H2,1-2H3,(H,30,31);3,5,8-11,14,16H,4,6-7,12H2,1-2H3,(H,30,31);3,5,7,9-11,14,16H,4,6,8,12H2,1-2H3,(H,30,31);3,5,8-10,12,14H,4,6-7,11H2,1-2H3,(H,29,31). The first-order valence-corrected chi connectivity index (χ1v) is 49.8. The third-order valence-corrected chi connectivity index (χ3v) is 28.8. The molecule has 4 aliphatic heterocycles. The number of methoxy groups -OCH3 is 8. The van der Waals surface area contributed by atoms with Gasteiger partial charge in [0.15, 0.2) is 34.3 Å². The number of thiophene rings is 2. The first kappa shape index (κ1) is 110. The lowest BCUT2D eigenvalue weighted by Gasteiger charge is -2.31. The number of hydrogen-bond acceptors (Lipinski definition) is 29. The van der Waals surface area contributed by atoms with Gasteiger partial charge in [-0.3, -0.25) is 53.5 Å². The molecule has 12 aromatic rings. The Morgan fingerprint density at radius 3 is 1.15 bits per heavy atom. The molecule has 0 spiro atoms. The van der Waals surface area contributed by atoms with Crippen molar-refractivity contribution in [2.45, 2.75) is 81.6 Å². The minimum absolute atomic E-state index is 0.0372. The number of rotatable bonds is 32. The number of amides is 4. The lowest BCUT2D eigenvalue weighted by molar-refractivity contribution is -0.119. The summed E-state index contributed by atoms with van der Waals surface area (Å²) >= 11 is 63.3. The van der Waals surface area contributed by atoms with Crippen LogP contribution in [-0.2, 0) is 63.8 Å². The molecule has 4 fully saturated rings. The average molecular weight is 2220 g/mol. The van der Waals surface area contributed by atoms with E-state index in [2.05, 4.69) is 46.2 Å².